The van der Waals surface area contributed by atoms with Gasteiger partial charge in [-0.15, -0.1) is 0 Å². The molecule has 22 heavy (non-hydrogen) atoms. The molecule has 0 atom stereocenters. The Bertz CT molecular complexity index is 866. The highest BCUT2D eigenvalue weighted by atomic mass is 14.7. The first-order valence-corrected chi connectivity index (χ1v) is 7.26. The van der Waals surface area contributed by atoms with Gasteiger partial charge >= 0.3 is 0 Å². The minimum absolute atomic E-state index is 1.34. The van der Waals surface area contributed by atoms with Crippen molar-refractivity contribution >= 4 is 32.3 Å². The van der Waals surface area contributed by atoms with Gasteiger partial charge in [-0.3, -0.25) is 9.97 Å². The molecule has 0 saturated carbocycles. The number of benzene rings is 4. The fourth-order valence-electron chi connectivity index (χ4n) is 2.92. The van der Waals surface area contributed by atoms with E-state index in [1.165, 1.54) is 32.3 Å². The van der Waals surface area contributed by atoms with E-state index in [4.69, 9.17) is 0 Å². The van der Waals surface area contributed by atoms with Crippen molar-refractivity contribution in [3.8, 4) is 0 Å². The molecule has 5 rings (SSSR count). The Kier molecular flexibility index (Phi) is 3.13. The first kappa shape index (κ1) is 12.7. The van der Waals surface area contributed by atoms with E-state index in [1.807, 2.05) is 0 Å². The van der Waals surface area contributed by atoms with Gasteiger partial charge < -0.3 is 0 Å². The predicted molar refractivity (Wildman–Crippen MR) is 92.2 cm³/mol. The monoisotopic (exact) mass is 282 g/mol. The number of rotatable bonds is 0. The summed E-state index contributed by atoms with van der Waals surface area (Å²) in [7, 11) is 0. The lowest BCUT2D eigenvalue weighted by Crippen LogP contribution is -1.82. The zero-order valence-electron chi connectivity index (χ0n) is 12.0. The second kappa shape index (κ2) is 5.41. The van der Waals surface area contributed by atoms with E-state index >= 15 is 0 Å². The minimum Gasteiger partial charge on any atom is -0.262 e. The van der Waals surface area contributed by atoms with Crippen LogP contribution in [0.5, 0.6) is 0 Å². The van der Waals surface area contributed by atoms with E-state index in [0.717, 1.165) is 0 Å². The number of nitrogens with zero attached hydrogens (tertiary/aromatic N) is 2. The molecule has 0 N–H and O–H groups in total. The minimum atomic E-state index is 1.34. The summed E-state index contributed by atoms with van der Waals surface area (Å²) in [6.45, 7) is 0. The van der Waals surface area contributed by atoms with Gasteiger partial charge in [0.05, 0.1) is 0 Å². The lowest BCUT2D eigenvalue weighted by atomic mass is 9.95. The molecule has 2 heteroatoms. The molecule has 0 spiro atoms. The van der Waals surface area contributed by atoms with Gasteiger partial charge in [-0.05, 0) is 32.3 Å². The lowest BCUT2D eigenvalue weighted by molar-refractivity contribution is 1.20. The summed E-state index contributed by atoms with van der Waals surface area (Å²) in [6, 6.07) is 21.9. The molecule has 5 aromatic rings. The Morgan fingerprint density at radius 1 is 0.409 bits per heavy atom. The lowest BCUT2D eigenvalue weighted by Gasteiger charge is -2.09. The van der Waals surface area contributed by atoms with Crippen molar-refractivity contribution < 1.29 is 0 Å². The highest BCUT2D eigenvalue weighted by Gasteiger charge is 2.05. The molecule has 0 amide bonds. The molecule has 0 aliphatic rings. The molecule has 0 aliphatic carbocycles. The Balaban J connectivity index is 0.000000177. The summed E-state index contributed by atoms with van der Waals surface area (Å²) in [4.78, 5) is 7.44. The first-order valence-electron chi connectivity index (χ1n) is 7.26. The largest absolute Gasteiger partial charge is 0.262 e. The number of aromatic nitrogens is 2. The quantitative estimate of drug-likeness (QED) is 0.371. The van der Waals surface area contributed by atoms with Gasteiger partial charge in [-0.1, -0.05) is 60.7 Å². The maximum Gasteiger partial charge on any atom is 0.0451 e. The van der Waals surface area contributed by atoms with E-state index < -0.39 is 0 Å². The molecule has 0 aliphatic heterocycles. The van der Waals surface area contributed by atoms with E-state index in [-0.39, 0.29) is 0 Å². The van der Waals surface area contributed by atoms with Crippen molar-refractivity contribution in [2.75, 3.05) is 0 Å². The van der Waals surface area contributed by atoms with Crippen molar-refractivity contribution in [3.05, 3.63) is 85.5 Å². The third-order valence-electron chi connectivity index (χ3n) is 3.87. The van der Waals surface area contributed by atoms with Crippen LogP contribution in [0.4, 0.5) is 0 Å². The Morgan fingerprint density at radius 3 is 1.00 bits per heavy atom. The summed E-state index contributed by atoms with van der Waals surface area (Å²) in [5.74, 6) is 0. The zero-order valence-corrected chi connectivity index (χ0v) is 12.0. The molecule has 0 saturated heterocycles. The van der Waals surface area contributed by atoms with Gasteiger partial charge in [-0.2, -0.15) is 0 Å². The van der Waals surface area contributed by atoms with Crippen LogP contribution in [0.2, 0.25) is 0 Å². The van der Waals surface area contributed by atoms with E-state index in [9.17, 15) is 0 Å². The van der Waals surface area contributed by atoms with E-state index in [0.29, 0.717) is 0 Å². The molecule has 0 bridgehead atoms. The van der Waals surface area contributed by atoms with Crippen molar-refractivity contribution in [1.82, 2.24) is 9.97 Å². The van der Waals surface area contributed by atoms with Crippen molar-refractivity contribution in [2.45, 2.75) is 0 Å². The first-order chi connectivity index (χ1) is 10.9. The van der Waals surface area contributed by atoms with Crippen LogP contribution in [-0.4, -0.2) is 9.97 Å². The van der Waals surface area contributed by atoms with Crippen LogP contribution < -0.4 is 0 Å². The van der Waals surface area contributed by atoms with Gasteiger partial charge in [0.2, 0.25) is 0 Å². The normalized spacial score (nSPS) is 10.7. The highest BCUT2D eigenvalue weighted by molar-refractivity contribution is 6.22. The average Bonchev–Trinajstić information content (AvgIpc) is 2.62. The maximum atomic E-state index is 3.72. The molecule has 1 aromatic heterocycles. The molecule has 4 aromatic carbocycles. The summed E-state index contributed by atoms with van der Waals surface area (Å²) in [6.07, 6.45) is 6.56. The highest BCUT2D eigenvalue weighted by Crippen LogP contribution is 2.33. The molecule has 1 heterocycles. The smallest absolute Gasteiger partial charge is 0.0451 e. The van der Waals surface area contributed by atoms with Gasteiger partial charge in [0.25, 0.3) is 0 Å². The van der Waals surface area contributed by atoms with Gasteiger partial charge in [0.1, 0.15) is 0 Å². The van der Waals surface area contributed by atoms with Crippen molar-refractivity contribution in [3.63, 3.8) is 0 Å². The SMILES string of the molecule is c1cc2ccc3cccc4ccc(c1)c2c34.c1cnccn1. The van der Waals surface area contributed by atoms with Crippen LogP contribution >= 0.6 is 0 Å². The van der Waals surface area contributed by atoms with E-state index in [1.54, 1.807) is 24.8 Å². The summed E-state index contributed by atoms with van der Waals surface area (Å²) in [5, 5.41) is 8.14. The van der Waals surface area contributed by atoms with Crippen molar-refractivity contribution in [1.29, 1.82) is 0 Å². The molecular weight excluding hydrogens is 268 g/mol. The van der Waals surface area contributed by atoms with Crippen LogP contribution in [0.1, 0.15) is 0 Å². The number of hydrogen-bond acceptors (Lipinski definition) is 2. The van der Waals surface area contributed by atoms with E-state index in [2.05, 4.69) is 70.6 Å². The molecule has 0 radical (unpaired) electrons. The zero-order chi connectivity index (χ0) is 14.8. The van der Waals surface area contributed by atoms with Crippen LogP contribution in [-0.2, 0) is 0 Å². The van der Waals surface area contributed by atoms with Gasteiger partial charge in [0, 0.05) is 24.8 Å². The third-order valence-corrected chi connectivity index (χ3v) is 3.87. The predicted octanol–water partition coefficient (Wildman–Crippen LogP) is 5.06. The Labute approximate surface area is 128 Å². The Morgan fingerprint density at radius 2 is 0.727 bits per heavy atom. The molecule has 0 unspecified atom stereocenters. The molecule has 2 nitrogen and oxygen atoms in total. The summed E-state index contributed by atoms with van der Waals surface area (Å²) >= 11 is 0. The summed E-state index contributed by atoms with van der Waals surface area (Å²) < 4.78 is 0. The fourth-order valence-corrected chi connectivity index (χ4v) is 2.92. The Hall–Kier alpha value is -3.00. The second-order valence-corrected chi connectivity index (χ2v) is 5.18. The van der Waals surface area contributed by atoms with Crippen LogP contribution in [0.3, 0.4) is 0 Å². The third kappa shape index (κ3) is 2.15. The topological polar surface area (TPSA) is 25.8 Å². The summed E-state index contributed by atoms with van der Waals surface area (Å²) in [5.41, 5.74) is 0. The average molecular weight is 282 g/mol. The van der Waals surface area contributed by atoms with Gasteiger partial charge in [-0.25, -0.2) is 0 Å². The standard InChI is InChI=1S/C16H10.C4H4N2/c1-3-11-7-9-13-5-2-6-14-10-8-12(4-1)15(11)16(13)14;1-2-6-4-3-5-1/h1-10H;1-4H. The van der Waals surface area contributed by atoms with Crippen molar-refractivity contribution in [2.24, 2.45) is 0 Å². The van der Waals surface area contributed by atoms with Crippen LogP contribution in [0.25, 0.3) is 32.3 Å². The number of hydrogen-bond donors (Lipinski definition) is 0. The fraction of sp³-hybridized carbons (Fsp3) is 0. The molecule has 0 fully saturated rings. The second-order valence-electron chi connectivity index (χ2n) is 5.18. The van der Waals surface area contributed by atoms with Crippen LogP contribution in [0.15, 0.2) is 85.5 Å². The van der Waals surface area contributed by atoms with Crippen LogP contribution in [0, 0.1) is 0 Å². The molecular formula is C20H14N2. The maximum absolute atomic E-state index is 3.72. The van der Waals surface area contributed by atoms with Gasteiger partial charge in [0.15, 0.2) is 0 Å². The molecule has 104 valence electrons.